The van der Waals surface area contributed by atoms with Crippen LogP contribution < -0.4 is 14.7 Å². The van der Waals surface area contributed by atoms with E-state index in [0.717, 1.165) is 12.1 Å². The van der Waals surface area contributed by atoms with Crippen molar-refractivity contribution in [2.45, 2.75) is 25.5 Å². The van der Waals surface area contributed by atoms with Crippen molar-refractivity contribution in [3.63, 3.8) is 0 Å². The zero-order valence-electron chi connectivity index (χ0n) is 18.1. The second kappa shape index (κ2) is 8.60. The molecular weight excluding hydrogens is 420 g/mol. The Bertz CT molecular complexity index is 1160. The van der Waals surface area contributed by atoms with Gasteiger partial charge in [0, 0.05) is 0 Å². The SMILES string of the molecule is CCCOc1ccc(N2C(=O)[C@H]3[C@H](ON(c4ccccc4)[C@H]3c3cccc(O)c3)C2=O)cc1. The van der Waals surface area contributed by atoms with Gasteiger partial charge < -0.3 is 9.84 Å². The highest BCUT2D eigenvalue weighted by Gasteiger charge is 2.60. The molecule has 2 fully saturated rings. The summed E-state index contributed by atoms with van der Waals surface area (Å²) in [6.45, 7) is 2.62. The Labute approximate surface area is 191 Å². The molecule has 0 aromatic heterocycles. The smallest absolute Gasteiger partial charge is 0.266 e. The number of carbonyl (C=O) groups is 2. The van der Waals surface area contributed by atoms with E-state index < -0.39 is 24.0 Å². The van der Waals surface area contributed by atoms with Crippen molar-refractivity contribution in [3.8, 4) is 11.5 Å². The van der Waals surface area contributed by atoms with E-state index in [1.165, 1.54) is 4.90 Å². The summed E-state index contributed by atoms with van der Waals surface area (Å²) in [5.74, 6) is -0.727. The molecule has 0 unspecified atom stereocenters. The highest BCUT2D eigenvalue weighted by molar-refractivity contribution is 6.23. The molecule has 0 bridgehead atoms. The molecule has 2 saturated heterocycles. The first-order chi connectivity index (χ1) is 16.1. The van der Waals surface area contributed by atoms with E-state index in [9.17, 15) is 14.7 Å². The number of aromatic hydroxyl groups is 1. The van der Waals surface area contributed by atoms with Gasteiger partial charge in [-0.25, -0.2) is 9.96 Å². The molecule has 3 atom stereocenters. The number of phenolic OH excluding ortho intramolecular Hbond substituents is 1. The van der Waals surface area contributed by atoms with Crippen molar-refractivity contribution in [2.24, 2.45) is 5.92 Å². The fraction of sp³-hybridized carbons (Fsp3) is 0.231. The van der Waals surface area contributed by atoms with Gasteiger partial charge in [-0.1, -0.05) is 37.3 Å². The Kier molecular flexibility index (Phi) is 5.48. The van der Waals surface area contributed by atoms with Crippen molar-refractivity contribution in [3.05, 3.63) is 84.4 Å². The minimum Gasteiger partial charge on any atom is -0.508 e. The van der Waals surface area contributed by atoms with Crippen LogP contribution in [0.2, 0.25) is 0 Å². The highest BCUT2D eigenvalue weighted by atomic mass is 16.7. The summed E-state index contributed by atoms with van der Waals surface area (Å²) in [6, 6.07) is 22.4. The number of anilines is 2. The molecule has 0 radical (unpaired) electrons. The molecule has 2 amide bonds. The van der Waals surface area contributed by atoms with Gasteiger partial charge in [0.25, 0.3) is 5.91 Å². The number of fused-ring (bicyclic) bond motifs is 1. The van der Waals surface area contributed by atoms with Crippen molar-refractivity contribution in [1.82, 2.24) is 0 Å². The first kappa shape index (κ1) is 21.0. The second-order valence-electron chi connectivity index (χ2n) is 8.11. The van der Waals surface area contributed by atoms with E-state index in [-0.39, 0.29) is 11.7 Å². The van der Waals surface area contributed by atoms with Crippen LogP contribution in [0.3, 0.4) is 0 Å². The Morgan fingerprint density at radius 3 is 2.36 bits per heavy atom. The normalized spacial score (nSPS) is 22.0. The van der Waals surface area contributed by atoms with Gasteiger partial charge in [0.1, 0.15) is 17.4 Å². The van der Waals surface area contributed by atoms with Gasteiger partial charge in [-0.2, -0.15) is 0 Å². The predicted molar refractivity (Wildman–Crippen MR) is 123 cm³/mol. The zero-order valence-corrected chi connectivity index (χ0v) is 18.1. The summed E-state index contributed by atoms with van der Waals surface area (Å²) in [4.78, 5) is 34.2. The van der Waals surface area contributed by atoms with Crippen LogP contribution >= 0.6 is 0 Å². The van der Waals surface area contributed by atoms with Crippen molar-refractivity contribution in [1.29, 1.82) is 0 Å². The van der Waals surface area contributed by atoms with E-state index in [1.54, 1.807) is 47.5 Å². The molecule has 7 nitrogen and oxygen atoms in total. The molecular formula is C26H24N2O5. The van der Waals surface area contributed by atoms with Crippen LogP contribution in [-0.2, 0) is 14.4 Å². The lowest BCUT2D eigenvalue weighted by atomic mass is 9.90. The molecule has 0 aliphatic carbocycles. The molecule has 1 N–H and O–H groups in total. The van der Waals surface area contributed by atoms with Crippen LogP contribution in [0, 0.1) is 5.92 Å². The molecule has 0 saturated carbocycles. The zero-order chi connectivity index (χ0) is 22.9. The van der Waals surface area contributed by atoms with Crippen LogP contribution in [0.25, 0.3) is 0 Å². The number of carbonyl (C=O) groups excluding carboxylic acids is 2. The summed E-state index contributed by atoms with van der Waals surface area (Å²) < 4.78 is 5.61. The number of hydrogen-bond acceptors (Lipinski definition) is 6. The first-order valence-electron chi connectivity index (χ1n) is 11.0. The number of hydrogen-bond donors (Lipinski definition) is 1. The average molecular weight is 444 g/mol. The number of para-hydroxylation sites is 1. The lowest BCUT2D eigenvalue weighted by Gasteiger charge is -2.28. The lowest BCUT2D eigenvalue weighted by Crippen LogP contribution is -2.37. The monoisotopic (exact) mass is 444 g/mol. The number of amides is 2. The van der Waals surface area contributed by atoms with Crippen LogP contribution in [0.5, 0.6) is 11.5 Å². The van der Waals surface area contributed by atoms with E-state index in [2.05, 4.69) is 0 Å². The van der Waals surface area contributed by atoms with Crippen LogP contribution in [0.15, 0.2) is 78.9 Å². The number of rotatable bonds is 6. The fourth-order valence-corrected chi connectivity index (χ4v) is 4.43. The maximum atomic E-state index is 13.6. The fourth-order valence-electron chi connectivity index (χ4n) is 4.43. The maximum Gasteiger partial charge on any atom is 0.266 e. The molecule has 2 aliphatic heterocycles. The molecule has 3 aromatic carbocycles. The topological polar surface area (TPSA) is 79.3 Å². The summed E-state index contributed by atoms with van der Waals surface area (Å²) in [5, 5.41) is 11.7. The maximum absolute atomic E-state index is 13.6. The van der Waals surface area contributed by atoms with E-state index in [0.29, 0.717) is 23.6 Å². The first-order valence-corrected chi connectivity index (χ1v) is 11.0. The summed E-state index contributed by atoms with van der Waals surface area (Å²) in [5.41, 5.74) is 1.90. The van der Waals surface area contributed by atoms with Gasteiger partial charge in [0.15, 0.2) is 6.10 Å². The molecule has 33 heavy (non-hydrogen) atoms. The van der Waals surface area contributed by atoms with Crippen molar-refractivity contribution < 1.29 is 24.3 Å². The van der Waals surface area contributed by atoms with Gasteiger partial charge in [-0.15, -0.1) is 0 Å². The van der Waals surface area contributed by atoms with Gasteiger partial charge >= 0.3 is 0 Å². The number of imide groups is 1. The predicted octanol–water partition coefficient (Wildman–Crippen LogP) is 4.23. The minimum absolute atomic E-state index is 0.0836. The van der Waals surface area contributed by atoms with Crippen LogP contribution in [-0.4, -0.2) is 29.6 Å². The van der Waals surface area contributed by atoms with Crippen molar-refractivity contribution >= 4 is 23.2 Å². The van der Waals surface area contributed by atoms with Crippen LogP contribution in [0.4, 0.5) is 11.4 Å². The molecule has 2 heterocycles. The lowest BCUT2D eigenvalue weighted by molar-refractivity contribution is -0.126. The number of ether oxygens (including phenoxy) is 1. The van der Waals surface area contributed by atoms with Gasteiger partial charge in [0.2, 0.25) is 5.91 Å². The Morgan fingerprint density at radius 2 is 1.67 bits per heavy atom. The van der Waals surface area contributed by atoms with Crippen molar-refractivity contribution in [2.75, 3.05) is 16.6 Å². The molecule has 0 spiro atoms. The molecule has 7 heteroatoms. The van der Waals surface area contributed by atoms with Gasteiger partial charge in [-0.3, -0.25) is 14.4 Å². The summed E-state index contributed by atoms with van der Waals surface area (Å²) in [6.07, 6.45) is -0.0686. The standard InChI is InChI=1S/C26H24N2O5/c1-2-15-32-21-13-11-18(12-14-21)27-25(30)22-23(17-7-6-10-20(29)16-17)28(33-24(22)26(27)31)19-8-4-3-5-9-19/h3-14,16,22-24,29H,2,15H2,1H3/t22-,23+,24+/m1/s1. The van der Waals surface area contributed by atoms with Gasteiger partial charge in [-0.05, 0) is 60.5 Å². The Balaban J connectivity index is 1.50. The second-order valence-corrected chi connectivity index (χ2v) is 8.11. The van der Waals surface area contributed by atoms with E-state index in [4.69, 9.17) is 9.57 Å². The average Bonchev–Trinajstić information content (AvgIpc) is 3.35. The van der Waals surface area contributed by atoms with Crippen LogP contribution in [0.1, 0.15) is 24.9 Å². The molecule has 3 aromatic rings. The third kappa shape index (κ3) is 3.70. The third-order valence-electron chi connectivity index (χ3n) is 5.91. The largest absolute Gasteiger partial charge is 0.508 e. The number of phenols is 1. The molecule has 2 aliphatic rings. The number of nitrogens with zero attached hydrogens (tertiary/aromatic N) is 2. The van der Waals surface area contributed by atoms with Gasteiger partial charge in [0.05, 0.1) is 24.0 Å². The highest BCUT2D eigenvalue weighted by Crippen LogP contribution is 2.48. The Morgan fingerprint density at radius 1 is 0.909 bits per heavy atom. The van der Waals surface area contributed by atoms with E-state index in [1.807, 2.05) is 43.3 Å². The molecule has 168 valence electrons. The minimum atomic E-state index is -0.957. The summed E-state index contributed by atoms with van der Waals surface area (Å²) in [7, 11) is 0. The Hall–Kier alpha value is -3.84. The summed E-state index contributed by atoms with van der Waals surface area (Å²) >= 11 is 0. The third-order valence-corrected chi connectivity index (χ3v) is 5.91. The van der Waals surface area contributed by atoms with E-state index >= 15 is 0 Å². The number of hydroxylamine groups is 1. The number of benzene rings is 3. The molecule has 5 rings (SSSR count). The quantitative estimate of drug-likeness (QED) is 0.573.